The summed E-state index contributed by atoms with van der Waals surface area (Å²) in [7, 11) is -1.62. The van der Waals surface area contributed by atoms with Gasteiger partial charge in [-0.05, 0) is 46.9 Å². The Morgan fingerprint density at radius 2 is 2.05 bits per heavy atom. The number of hydrogen-bond donors (Lipinski definition) is 3. The lowest BCUT2D eigenvalue weighted by Crippen LogP contribution is -2.52. The summed E-state index contributed by atoms with van der Waals surface area (Å²) in [5.74, 6) is 2.25. The molecule has 1 aromatic carbocycles. The van der Waals surface area contributed by atoms with Crippen molar-refractivity contribution in [2.75, 3.05) is 57.6 Å². The number of aliphatic hydroxyl groups excluding tert-OH is 1. The van der Waals surface area contributed by atoms with Gasteiger partial charge in [0.05, 0.1) is 42.0 Å². The number of rotatable bonds is 12. The van der Waals surface area contributed by atoms with Gasteiger partial charge in [-0.15, -0.1) is 0 Å². The lowest BCUT2D eigenvalue weighted by Gasteiger charge is -2.34. The number of morpholine rings is 1. The Balaban J connectivity index is 1.69. The minimum absolute atomic E-state index is 0.0285. The number of aryl methyl sites for hydroxylation is 2. The lowest BCUT2D eigenvalue weighted by molar-refractivity contribution is 0.0373. The minimum atomic E-state index is -3.39. The number of benzene rings is 1. The molecule has 0 amide bonds. The van der Waals surface area contributed by atoms with E-state index < -0.39 is 16.1 Å². The van der Waals surface area contributed by atoms with E-state index in [0.29, 0.717) is 73.0 Å². The highest BCUT2D eigenvalue weighted by atomic mass is 32.2. The van der Waals surface area contributed by atoms with Crippen molar-refractivity contribution in [2.24, 2.45) is 0 Å². The highest BCUT2D eigenvalue weighted by Gasteiger charge is 2.32. The van der Waals surface area contributed by atoms with Gasteiger partial charge in [-0.1, -0.05) is 17.3 Å². The Morgan fingerprint density at radius 3 is 2.75 bits per heavy atom. The number of anilines is 1. The predicted octanol–water partition coefficient (Wildman–Crippen LogP) is 2.15. The number of likely N-dealkylation sites (N-methyl/N-ethyl adjacent to an activating group) is 1. The first-order chi connectivity index (χ1) is 19.1. The van der Waals surface area contributed by atoms with Crippen LogP contribution in [-0.2, 0) is 14.8 Å². The summed E-state index contributed by atoms with van der Waals surface area (Å²) in [6, 6.07) is 6.98. The molecule has 0 saturated carbocycles. The van der Waals surface area contributed by atoms with Gasteiger partial charge in [0.15, 0.2) is 5.82 Å². The van der Waals surface area contributed by atoms with Gasteiger partial charge in [0, 0.05) is 30.8 Å². The van der Waals surface area contributed by atoms with Crippen molar-refractivity contribution in [3.63, 3.8) is 0 Å². The van der Waals surface area contributed by atoms with Crippen LogP contribution < -0.4 is 15.4 Å². The molecule has 4 rings (SSSR count). The van der Waals surface area contributed by atoms with Crippen LogP contribution in [0.15, 0.2) is 28.8 Å². The quantitative estimate of drug-likeness (QED) is 0.292. The van der Waals surface area contributed by atoms with E-state index >= 15 is 0 Å². The average Bonchev–Trinajstić information content (AvgIpc) is 3.29. The number of hydrogen-bond acceptors (Lipinski definition) is 11. The Kier molecular flexibility index (Phi) is 9.74. The van der Waals surface area contributed by atoms with Crippen molar-refractivity contribution >= 4 is 15.8 Å². The summed E-state index contributed by atoms with van der Waals surface area (Å²) in [6.45, 7) is 9.08. The SMILES string of the molecule is CCS(=O)(=O)N1CCOC[C@@H]1CNc1nc(-c2cccc(OCC(O)CNC)c2)nc(-c2c(C)noc2C)c1C. The summed E-state index contributed by atoms with van der Waals surface area (Å²) >= 11 is 0. The zero-order valence-electron chi connectivity index (χ0n) is 23.6. The van der Waals surface area contributed by atoms with E-state index in [1.54, 1.807) is 14.0 Å². The fourth-order valence-electron chi connectivity index (χ4n) is 4.64. The third kappa shape index (κ3) is 6.78. The number of nitrogens with zero attached hydrogens (tertiary/aromatic N) is 4. The molecule has 40 heavy (non-hydrogen) atoms. The first-order valence-corrected chi connectivity index (χ1v) is 14.9. The maximum absolute atomic E-state index is 12.7. The molecule has 1 aliphatic heterocycles. The van der Waals surface area contributed by atoms with Gasteiger partial charge in [0.1, 0.15) is 30.0 Å². The lowest BCUT2D eigenvalue weighted by atomic mass is 10.0. The van der Waals surface area contributed by atoms with Gasteiger partial charge in [-0.2, -0.15) is 4.31 Å². The Labute approximate surface area is 235 Å². The fourth-order valence-corrected chi connectivity index (χ4v) is 5.92. The molecule has 1 saturated heterocycles. The molecule has 0 radical (unpaired) electrons. The average molecular weight is 575 g/mol. The van der Waals surface area contributed by atoms with Crippen LogP contribution in [0.2, 0.25) is 0 Å². The topological polar surface area (TPSA) is 152 Å². The number of sulfonamides is 1. The van der Waals surface area contributed by atoms with Crippen LogP contribution in [0.25, 0.3) is 22.6 Å². The van der Waals surface area contributed by atoms with Crippen molar-refractivity contribution in [3.8, 4) is 28.4 Å². The molecule has 0 spiro atoms. The summed E-state index contributed by atoms with van der Waals surface area (Å²) in [4.78, 5) is 9.73. The maximum atomic E-state index is 12.7. The smallest absolute Gasteiger partial charge is 0.214 e. The monoisotopic (exact) mass is 574 g/mol. The molecule has 0 aliphatic carbocycles. The molecule has 2 aromatic heterocycles. The molecule has 0 bridgehead atoms. The summed E-state index contributed by atoms with van der Waals surface area (Å²) in [5.41, 5.74) is 3.64. The van der Waals surface area contributed by atoms with Crippen LogP contribution in [0.3, 0.4) is 0 Å². The predicted molar refractivity (Wildman–Crippen MR) is 152 cm³/mol. The molecule has 3 heterocycles. The molecule has 3 aromatic rings. The van der Waals surface area contributed by atoms with Crippen LogP contribution >= 0.6 is 0 Å². The van der Waals surface area contributed by atoms with Gasteiger partial charge in [0.2, 0.25) is 10.0 Å². The molecule has 1 fully saturated rings. The van der Waals surface area contributed by atoms with Gasteiger partial charge >= 0.3 is 0 Å². The molecular formula is C27H38N6O6S. The zero-order valence-corrected chi connectivity index (χ0v) is 24.4. The summed E-state index contributed by atoms with van der Waals surface area (Å²) in [5, 5.41) is 20.4. The van der Waals surface area contributed by atoms with E-state index in [4.69, 9.17) is 24.0 Å². The molecule has 218 valence electrons. The molecule has 1 unspecified atom stereocenters. The van der Waals surface area contributed by atoms with E-state index in [1.165, 1.54) is 4.31 Å². The van der Waals surface area contributed by atoms with E-state index in [2.05, 4.69) is 15.8 Å². The van der Waals surface area contributed by atoms with Crippen molar-refractivity contribution in [1.82, 2.24) is 24.7 Å². The Bertz CT molecular complexity index is 1390. The van der Waals surface area contributed by atoms with Crippen LogP contribution in [0.1, 0.15) is 23.9 Å². The third-order valence-corrected chi connectivity index (χ3v) is 8.72. The molecule has 3 N–H and O–H groups in total. The molecule has 12 nitrogen and oxygen atoms in total. The molecule has 2 atom stereocenters. The Morgan fingerprint density at radius 1 is 1.25 bits per heavy atom. The second kappa shape index (κ2) is 13.0. The summed E-state index contributed by atoms with van der Waals surface area (Å²) in [6.07, 6.45) is -0.647. The standard InChI is InChI=1S/C27H38N6O6S/c1-6-40(35,36)33-10-11-37-15-21(33)13-29-26-17(2)25(24-18(3)32-39-19(24)4)30-27(31-26)20-8-7-9-23(12-20)38-16-22(34)14-28-5/h7-9,12,21-22,28,34H,6,10-11,13-16H2,1-5H3,(H,29,30,31)/t21-,22?/m0/s1. The second-order valence-electron chi connectivity index (χ2n) is 9.74. The molecular weight excluding hydrogens is 536 g/mol. The van der Waals surface area contributed by atoms with Crippen molar-refractivity contribution in [1.29, 1.82) is 0 Å². The number of nitrogens with one attached hydrogen (secondary N) is 2. The largest absolute Gasteiger partial charge is 0.491 e. The van der Waals surface area contributed by atoms with Crippen molar-refractivity contribution in [2.45, 2.75) is 39.8 Å². The van der Waals surface area contributed by atoms with Gasteiger partial charge in [0.25, 0.3) is 0 Å². The first kappa shape index (κ1) is 29.9. The van der Waals surface area contributed by atoms with Crippen LogP contribution in [0, 0.1) is 20.8 Å². The molecule has 1 aliphatic rings. The maximum Gasteiger partial charge on any atom is 0.214 e. The van der Waals surface area contributed by atoms with Gasteiger partial charge in [-0.3, -0.25) is 0 Å². The van der Waals surface area contributed by atoms with Crippen molar-refractivity contribution < 1.29 is 27.5 Å². The highest BCUT2D eigenvalue weighted by Crippen LogP contribution is 2.33. The summed E-state index contributed by atoms with van der Waals surface area (Å²) < 4.78 is 43.8. The second-order valence-corrected chi connectivity index (χ2v) is 12.0. The van der Waals surface area contributed by atoms with Gasteiger partial charge < -0.3 is 29.7 Å². The van der Waals surface area contributed by atoms with Gasteiger partial charge in [-0.25, -0.2) is 18.4 Å². The first-order valence-electron chi connectivity index (χ1n) is 13.3. The Hall–Kier alpha value is -3.10. The fraction of sp³-hybridized carbons (Fsp3) is 0.519. The van der Waals surface area contributed by atoms with E-state index in [1.807, 2.05) is 45.0 Å². The van der Waals surface area contributed by atoms with E-state index in [0.717, 1.165) is 11.1 Å². The highest BCUT2D eigenvalue weighted by molar-refractivity contribution is 7.89. The number of aromatic nitrogens is 3. The number of ether oxygens (including phenoxy) is 2. The third-order valence-electron chi connectivity index (χ3n) is 6.79. The van der Waals surface area contributed by atoms with Crippen LogP contribution in [0.4, 0.5) is 5.82 Å². The normalized spacial score (nSPS) is 17.1. The van der Waals surface area contributed by atoms with Crippen molar-refractivity contribution in [3.05, 3.63) is 41.3 Å². The number of aliphatic hydroxyl groups is 1. The molecule has 13 heteroatoms. The van der Waals surface area contributed by atoms with Crippen LogP contribution in [0.5, 0.6) is 5.75 Å². The minimum Gasteiger partial charge on any atom is -0.491 e. The van der Waals surface area contributed by atoms with E-state index in [-0.39, 0.29) is 18.4 Å². The van der Waals surface area contributed by atoms with Crippen LogP contribution in [-0.4, -0.2) is 97.4 Å². The van der Waals surface area contributed by atoms with E-state index in [9.17, 15) is 13.5 Å². The zero-order chi connectivity index (χ0) is 28.9.